The Morgan fingerprint density at radius 3 is 2.18 bits per heavy atom. The third-order valence-electron chi connectivity index (χ3n) is 6.18. The van der Waals surface area contributed by atoms with Crippen molar-refractivity contribution >= 4 is 33.2 Å². The van der Waals surface area contributed by atoms with Crippen LogP contribution in [0.1, 0.15) is 25.7 Å². The molecule has 1 heterocycles. The van der Waals surface area contributed by atoms with E-state index >= 15 is 0 Å². The van der Waals surface area contributed by atoms with Crippen molar-refractivity contribution in [2.24, 2.45) is 0 Å². The molecule has 1 aromatic heterocycles. The van der Waals surface area contributed by atoms with Gasteiger partial charge in [-0.3, -0.25) is 0 Å². The molecule has 2 aromatic carbocycles. The van der Waals surface area contributed by atoms with Gasteiger partial charge >= 0.3 is 0 Å². The number of benzene rings is 2. The lowest BCUT2D eigenvalue weighted by Crippen LogP contribution is -2.42. The number of nitrogens with one attached hydrogen (secondary N) is 3. The van der Waals surface area contributed by atoms with Crippen LogP contribution in [0.5, 0.6) is 0 Å². The van der Waals surface area contributed by atoms with Gasteiger partial charge in [-0.2, -0.15) is 9.29 Å². The Bertz CT molecular complexity index is 1200. The number of rotatable bonds is 8. The number of anilines is 4. The summed E-state index contributed by atoms with van der Waals surface area (Å²) in [5.74, 6) is 0.576. The predicted molar refractivity (Wildman–Crippen MR) is 131 cm³/mol. The molecule has 0 spiro atoms. The molecular formula is C24H29FN6O2S. The summed E-state index contributed by atoms with van der Waals surface area (Å²) in [7, 11) is 0.0352. The van der Waals surface area contributed by atoms with E-state index in [1.54, 1.807) is 55.7 Å². The molecule has 0 radical (unpaired) electrons. The summed E-state index contributed by atoms with van der Waals surface area (Å²) in [6.45, 7) is 0. The fourth-order valence-corrected chi connectivity index (χ4v) is 5.52. The summed E-state index contributed by atoms with van der Waals surface area (Å²) in [6, 6.07) is 14.7. The molecule has 1 aliphatic rings. The van der Waals surface area contributed by atoms with Crippen LogP contribution in [-0.2, 0) is 10.0 Å². The van der Waals surface area contributed by atoms with Gasteiger partial charge in [0.1, 0.15) is 11.6 Å². The lowest BCUT2D eigenvalue weighted by molar-refractivity contribution is 0.255. The van der Waals surface area contributed by atoms with Gasteiger partial charge in [0, 0.05) is 36.7 Å². The standard InChI is InChI=1S/C24H29FN6O2S/c1-26-18-7-11-21(12-8-18)31(2)34(32,33)22-13-9-20(10-14-22)29-24-27-16-15-23(30-24)28-19-5-3-17(25)4-6-19/h3-6,9-10,13-16,18,21,26H,7-8,11-12H2,1-2H3,(H2,27,28,29,30). The number of hydrogen-bond acceptors (Lipinski definition) is 7. The van der Waals surface area contributed by atoms with Crippen LogP contribution in [0.2, 0.25) is 0 Å². The van der Waals surface area contributed by atoms with Crippen molar-refractivity contribution in [2.45, 2.75) is 42.7 Å². The van der Waals surface area contributed by atoms with Crippen LogP contribution in [0.15, 0.2) is 65.7 Å². The second-order valence-electron chi connectivity index (χ2n) is 8.36. The van der Waals surface area contributed by atoms with E-state index in [0.29, 0.717) is 29.2 Å². The van der Waals surface area contributed by atoms with Crippen LogP contribution in [0.3, 0.4) is 0 Å². The molecule has 0 aliphatic heterocycles. The predicted octanol–water partition coefficient (Wildman–Crippen LogP) is 4.25. The Kier molecular flexibility index (Phi) is 7.40. The van der Waals surface area contributed by atoms with Crippen molar-refractivity contribution in [2.75, 3.05) is 24.7 Å². The fraction of sp³-hybridized carbons (Fsp3) is 0.333. The second-order valence-corrected chi connectivity index (χ2v) is 10.4. The molecule has 3 N–H and O–H groups in total. The minimum atomic E-state index is -3.58. The molecule has 3 aromatic rings. The highest BCUT2D eigenvalue weighted by molar-refractivity contribution is 7.89. The quantitative estimate of drug-likeness (QED) is 0.439. The number of nitrogens with zero attached hydrogens (tertiary/aromatic N) is 3. The Balaban J connectivity index is 1.41. The van der Waals surface area contributed by atoms with Crippen molar-refractivity contribution in [3.05, 3.63) is 66.6 Å². The summed E-state index contributed by atoms with van der Waals surface area (Å²) in [5.41, 5.74) is 1.36. The first-order valence-corrected chi connectivity index (χ1v) is 12.7. The smallest absolute Gasteiger partial charge is 0.243 e. The molecule has 1 saturated carbocycles. The third kappa shape index (κ3) is 5.69. The topological polar surface area (TPSA) is 99.3 Å². The van der Waals surface area contributed by atoms with Crippen LogP contribution >= 0.6 is 0 Å². The molecule has 1 aliphatic carbocycles. The van der Waals surface area contributed by atoms with Crippen LogP contribution in [0.25, 0.3) is 0 Å². The first-order valence-electron chi connectivity index (χ1n) is 11.2. The molecule has 1 fully saturated rings. The number of sulfonamides is 1. The van der Waals surface area contributed by atoms with Gasteiger partial charge in [0.2, 0.25) is 16.0 Å². The van der Waals surface area contributed by atoms with Crippen molar-refractivity contribution < 1.29 is 12.8 Å². The van der Waals surface area contributed by atoms with Crippen molar-refractivity contribution in [1.82, 2.24) is 19.6 Å². The SMILES string of the molecule is CNC1CCC(N(C)S(=O)(=O)c2ccc(Nc3nccc(Nc4ccc(F)cc4)n3)cc2)CC1. The first kappa shape index (κ1) is 24.1. The molecular weight excluding hydrogens is 455 g/mol. The maximum atomic E-state index is 13.1. The molecule has 0 unspecified atom stereocenters. The van der Waals surface area contributed by atoms with Crippen LogP contribution in [0, 0.1) is 5.82 Å². The molecule has 10 heteroatoms. The van der Waals surface area contributed by atoms with E-state index in [9.17, 15) is 12.8 Å². The van der Waals surface area contributed by atoms with Gasteiger partial charge in [-0.15, -0.1) is 0 Å². The monoisotopic (exact) mass is 484 g/mol. The Hall–Kier alpha value is -3.08. The van der Waals surface area contributed by atoms with Crippen LogP contribution in [-0.4, -0.2) is 48.9 Å². The third-order valence-corrected chi connectivity index (χ3v) is 8.10. The number of halogens is 1. The Labute approximate surface area is 199 Å². The van der Waals surface area contributed by atoms with Gasteiger partial charge in [0.15, 0.2) is 0 Å². The van der Waals surface area contributed by atoms with Crippen molar-refractivity contribution in [3.8, 4) is 0 Å². The zero-order chi connectivity index (χ0) is 24.1. The first-order chi connectivity index (χ1) is 16.3. The summed E-state index contributed by atoms with van der Waals surface area (Å²) in [4.78, 5) is 8.86. The Morgan fingerprint density at radius 2 is 1.53 bits per heavy atom. The van der Waals surface area contributed by atoms with Gasteiger partial charge in [-0.25, -0.2) is 17.8 Å². The normalized spacial score (nSPS) is 18.6. The lowest BCUT2D eigenvalue weighted by Gasteiger charge is -2.33. The maximum Gasteiger partial charge on any atom is 0.243 e. The van der Waals surface area contributed by atoms with Crippen LogP contribution in [0.4, 0.5) is 27.5 Å². The zero-order valence-electron chi connectivity index (χ0n) is 19.2. The van der Waals surface area contributed by atoms with Gasteiger partial charge in [0.05, 0.1) is 4.90 Å². The number of hydrogen-bond donors (Lipinski definition) is 3. The molecule has 180 valence electrons. The summed E-state index contributed by atoms with van der Waals surface area (Å²) < 4.78 is 40.9. The second kappa shape index (κ2) is 10.5. The van der Waals surface area contributed by atoms with E-state index in [2.05, 4.69) is 25.9 Å². The highest BCUT2D eigenvalue weighted by atomic mass is 32.2. The van der Waals surface area contributed by atoms with Crippen LogP contribution < -0.4 is 16.0 Å². The van der Waals surface area contributed by atoms with Crippen molar-refractivity contribution in [3.63, 3.8) is 0 Å². The molecule has 0 saturated heterocycles. The zero-order valence-corrected chi connectivity index (χ0v) is 20.0. The van der Waals surface area contributed by atoms with Gasteiger partial charge in [-0.1, -0.05) is 0 Å². The van der Waals surface area contributed by atoms with E-state index in [1.807, 2.05) is 7.05 Å². The van der Waals surface area contributed by atoms with Crippen molar-refractivity contribution in [1.29, 1.82) is 0 Å². The highest BCUT2D eigenvalue weighted by Gasteiger charge is 2.31. The molecule has 0 amide bonds. The van der Waals surface area contributed by atoms with E-state index in [1.165, 1.54) is 16.4 Å². The average Bonchev–Trinajstić information content (AvgIpc) is 2.85. The van der Waals surface area contributed by atoms with Gasteiger partial charge in [-0.05, 0) is 87.3 Å². The fourth-order valence-electron chi connectivity index (χ4n) is 4.10. The summed E-state index contributed by atoms with van der Waals surface area (Å²) in [6.07, 6.45) is 5.23. The number of aromatic nitrogens is 2. The highest BCUT2D eigenvalue weighted by Crippen LogP contribution is 2.27. The minimum Gasteiger partial charge on any atom is -0.340 e. The summed E-state index contributed by atoms with van der Waals surface area (Å²) >= 11 is 0. The molecule has 0 atom stereocenters. The van der Waals surface area contributed by atoms with Gasteiger partial charge < -0.3 is 16.0 Å². The molecule has 4 rings (SSSR count). The van der Waals surface area contributed by atoms with E-state index in [-0.39, 0.29) is 16.8 Å². The summed E-state index contributed by atoms with van der Waals surface area (Å²) in [5, 5.41) is 9.45. The van der Waals surface area contributed by atoms with Gasteiger partial charge in [0.25, 0.3) is 0 Å². The largest absolute Gasteiger partial charge is 0.340 e. The molecule has 8 nitrogen and oxygen atoms in total. The molecule has 34 heavy (non-hydrogen) atoms. The maximum absolute atomic E-state index is 13.1. The average molecular weight is 485 g/mol. The molecule has 0 bridgehead atoms. The van der Waals surface area contributed by atoms with E-state index in [4.69, 9.17) is 0 Å². The van der Waals surface area contributed by atoms with E-state index < -0.39 is 10.0 Å². The minimum absolute atomic E-state index is 0.0112. The van der Waals surface area contributed by atoms with E-state index in [0.717, 1.165) is 25.7 Å². The lowest BCUT2D eigenvalue weighted by atomic mass is 9.91. The Morgan fingerprint density at radius 1 is 0.912 bits per heavy atom.